The van der Waals surface area contributed by atoms with Crippen LogP contribution >= 0.6 is 11.3 Å². The van der Waals surface area contributed by atoms with Crippen LogP contribution in [0.1, 0.15) is 32.2 Å². The highest BCUT2D eigenvalue weighted by molar-refractivity contribution is 7.09. The van der Waals surface area contributed by atoms with Crippen molar-refractivity contribution in [3.8, 4) is 0 Å². The van der Waals surface area contributed by atoms with E-state index in [9.17, 15) is 14.0 Å². The zero-order valence-electron chi connectivity index (χ0n) is 15.9. The van der Waals surface area contributed by atoms with Gasteiger partial charge in [-0.15, -0.1) is 11.3 Å². The minimum absolute atomic E-state index is 0.0563. The lowest BCUT2D eigenvalue weighted by molar-refractivity contribution is -0.119. The first-order valence-corrected chi connectivity index (χ1v) is 9.65. The summed E-state index contributed by atoms with van der Waals surface area (Å²) < 4.78 is 21.0. The molecule has 0 aliphatic rings. The molecular weight excluding hydrogens is 379 g/mol. The van der Waals surface area contributed by atoms with E-state index in [2.05, 4.69) is 5.32 Å². The molecule has 0 atom stereocenters. The Morgan fingerprint density at radius 3 is 2.64 bits per heavy atom. The molecule has 146 valence electrons. The summed E-state index contributed by atoms with van der Waals surface area (Å²) in [7, 11) is 0. The van der Waals surface area contributed by atoms with E-state index in [1.54, 1.807) is 30.4 Å². The molecule has 2 aromatic heterocycles. The SMILES string of the molecule is Cc1ccc(NC(=O)COC(=O)c2cc(C)n(Cc3cccs3)c2C)c(F)c1. The number of aromatic nitrogens is 1. The fourth-order valence-electron chi connectivity index (χ4n) is 2.93. The highest BCUT2D eigenvalue weighted by Crippen LogP contribution is 2.20. The maximum Gasteiger partial charge on any atom is 0.340 e. The van der Waals surface area contributed by atoms with E-state index in [4.69, 9.17) is 4.74 Å². The van der Waals surface area contributed by atoms with E-state index in [1.165, 1.54) is 17.0 Å². The Kier molecular flexibility index (Phi) is 5.94. The standard InChI is InChI=1S/C21H21FN2O3S/c1-13-6-7-19(18(22)9-13)23-20(25)12-27-21(26)17-10-14(2)24(15(17)3)11-16-5-4-8-28-16/h4-10H,11-12H2,1-3H3,(H,23,25). The molecule has 7 heteroatoms. The molecule has 1 N–H and O–H groups in total. The molecule has 3 rings (SSSR count). The number of nitrogens with one attached hydrogen (secondary N) is 1. The van der Waals surface area contributed by atoms with Gasteiger partial charge in [0.05, 0.1) is 17.8 Å². The number of carbonyl (C=O) groups is 2. The Bertz CT molecular complexity index is 1010. The first-order valence-electron chi connectivity index (χ1n) is 8.77. The van der Waals surface area contributed by atoms with Crippen LogP contribution in [0.5, 0.6) is 0 Å². The zero-order valence-corrected chi connectivity index (χ0v) is 16.7. The van der Waals surface area contributed by atoms with Gasteiger partial charge in [0.15, 0.2) is 6.61 Å². The number of aryl methyl sites for hydroxylation is 2. The van der Waals surface area contributed by atoms with Gasteiger partial charge in [0, 0.05) is 16.3 Å². The molecule has 0 fully saturated rings. The van der Waals surface area contributed by atoms with Crippen molar-refractivity contribution in [1.82, 2.24) is 4.57 Å². The van der Waals surface area contributed by atoms with Gasteiger partial charge < -0.3 is 14.6 Å². The number of amides is 1. The number of ether oxygens (including phenoxy) is 1. The first kappa shape index (κ1) is 19.8. The van der Waals surface area contributed by atoms with Crippen LogP contribution in [0.15, 0.2) is 41.8 Å². The molecule has 28 heavy (non-hydrogen) atoms. The van der Waals surface area contributed by atoms with Crippen LogP contribution in [0.3, 0.4) is 0 Å². The van der Waals surface area contributed by atoms with E-state index in [1.807, 2.05) is 35.9 Å². The molecule has 0 spiro atoms. The molecule has 1 amide bonds. The third-order valence-corrected chi connectivity index (χ3v) is 5.28. The third-order valence-electron chi connectivity index (χ3n) is 4.42. The molecule has 5 nitrogen and oxygen atoms in total. The Balaban J connectivity index is 1.62. The topological polar surface area (TPSA) is 60.3 Å². The van der Waals surface area contributed by atoms with Gasteiger partial charge in [0.25, 0.3) is 5.91 Å². The average molecular weight is 400 g/mol. The predicted octanol–water partition coefficient (Wildman–Crippen LogP) is 4.46. The van der Waals surface area contributed by atoms with Crippen molar-refractivity contribution in [2.45, 2.75) is 27.3 Å². The van der Waals surface area contributed by atoms with Crippen LogP contribution in [0.25, 0.3) is 0 Å². The van der Waals surface area contributed by atoms with E-state index < -0.39 is 24.3 Å². The highest BCUT2D eigenvalue weighted by atomic mass is 32.1. The van der Waals surface area contributed by atoms with Gasteiger partial charge in [-0.3, -0.25) is 4.79 Å². The van der Waals surface area contributed by atoms with Gasteiger partial charge in [-0.05, 0) is 56.0 Å². The van der Waals surface area contributed by atoms with Gasteiger partial charge >= 0.3 is 5.97 Å². The summed E-state index contributed by atoms with van der Waals surface area (Å²) in [5, 5.41) is 4.42. The summed E-state index contributed by atoms with van der Waals surface area (Å²) in [5.41, 5.74) is 2.94. The summed E-state index contributed by atoms with van der Waals surface area (Å²) >= 11 is 1.65. The first-order chi connectivity index (χ1) is 13.3. The summed E-state index contributed by atoms with van der Waals surface area (Å²) in [6.45, 7) is 5.71. The highest BCUT2D eigenvalue weighted by Gasteiger charge is 2.18. The molecule has 0 radical (unpaired) electrons. The van der Waals surface area contributed by atoms with Crippen molar-refractivity contribution in [3.63, 3.8) is 0 Å². The minimum Gasteiger partial charge on any atom is -0.452 e. The van der Waals surface area contributed by atoms with E-state index >= 15 is 0 Å². The van der Waals surface area contributed by atoms with Crippen LogP contribution in [0.2, 0.25) is 0 Å². The van der Waals surface area contributed by atoms with Crippen LogP contribution in [0, 0.1) is 26.6 Å². The van der Waals surface area contributed by atoms with Gasteiger partial charge in [-0.2, -0.15) is 0 Å². The molecular formula is C21H21FN2O3S. The van der Waals surface area contributed by atoms with Gasteiger partial charge in [0.1, 0.15) is 5.82 Å². The molecule has 0 aliphatic carbocycles. The Hall–Kier alpha value is -2.93. The van der Waals surface area contributed by atoms with Crippen LogP contribution in [-0.4, -0.2) is 23.1 Å². The fraction of sp³-hybridized carbons (Fsp3) is 0.238. The number of hydrogen-bond acceptors (Lipinski definition) is 4. The predicted molar refractivity (Wildman–Crippen MR) is 107 cm³/mol. The van der Waals surface area contributed by atoms with Crippen LogP contribution in [0.4, 0.5) is 10.1 Å². The van der Waals surface area contributed by atoms with Crippen molar-refractivity contribution < 1.29 is 18.7 Å². The van der Waals surface area contributed by atoms with Crippen molar-refractivity contribution in [2.24, 2.45) is 0 Å². The molecule has 1 aromatic carbocycles. The number of anilines is 1. The third kappa shape index (κ3) is 4.48. The molecule has 0 unspecified atom stereocenters. The zero-order chi connectivity index (χ0) is 20.3. The number of hydrogen-bond donors (Lipinski definition) is 1. The Labute approximate surface area is 166 Å². The number of thiophene rings is 1. The largest absolute Gasteiger partial charge is 0.452 e. The molecule has 0 bridgehead atoms. The van der Waals surface area contributed by atoms with Crippen molar-refractivity contribution >= 4 is 28.9 Å². The van der Waals surface area contributed by atoms with Crippen LogP contribution in [-0.2, 0) is 16.1 Å². The summed E-state index contributed by atoms with van der Waals surface area (Å²) in [5.74, 6) is -1.70. The molecule has 0 saturated carbocycles. The van der Waals surface area contributed by atoms with Gasteiger partial charge in [-0.25, -0.2) is 9.18 Å². The lowest BCUT2D eigenvalue weighted by Gasteiger charge is -2.09. The smallest absolute Gasteiger partial charge is 0.340 e. The van der Waals surface area contributed by atoms with E-state index in [0.717, 1.165) is 17.0 Å². The maximum atomic E-state index is 13.8. The number of rotatable bonds is 6. The van der Waals surface area contributed by atoms with Crippen molar-refractivity contribution in [3.05, 3.63) is 75.0 Å². The quantitative estimate of drug-likeness (QED) is 0.622. The maximum absolute atomic E-state index is 13.8. The second-order valence-electron chi connectivity index (χ2n) is 6.56. The monoisotopic (exact) mass is 400 g/mol. The summed E-state index contributed by atoms with van der Waals surface area (Å²) in [6, 6.07) is 10.3. The fourth-order valence-corrected chi connectivity index (χ4v) is 3.62. The van der Waals surface area contributed by atoms with Gasteiger partial charge in [0.2, 0.25) is 0 Å². The Morgan fingerprint density at radius 2 is 1.96 bits per heavy atom. The van der Waals surface area contributed by atoms with Crippen molar-refractivity contribution in [1.29, 1.82) is 0 Å². The normalized spacial score (nSPS) is 10.7. The van der Waals surface area contributed by atoms with Gasteiger partial charge in [-0.1, -0.05) is 12.1 Å². The number of halogens is 1. The molecule has 2 heterocycles. The number of nitrogens with zero attached hydrogens (tertiary/aromatic N) is 1. The number of esters is 1. The summed E-state index contributed by atoms with van der Waals surface area (Å²) in [4.78, 5) is 25.6. The Morgan fingerprint density at radius 1 is 1.18 bits per heavy atom. The number of carbonyl (C=O) groups excluding carboxylic acids is 2. The summed E-state index contributed by atoms with van der Waals surface area (Å²) in [6.07, 6.45) is 0. The molecule has 3 aromatic rings. The van der Waals surface area contributed by atoms with E-state index in [0.29, 0.717) is 12.1 Å². The van der Waals surface area contributed by atoms with Crippen molar-refractivity contribution in [2.75, 3.05) is 11.9 Å². The lowest BCUT2D eigenvalue weighted by Crippen LogP contribution is -2.21. The lowest BCUT2D eigenvalue weighted by atomic mass is 10.2. The number of benzene rings is 1. The molecule has 0 saturated heterocycles. The van der Waals surface area contributed by atoms with Crippen LogP contribution < -0.4 is 5.32 Å². The average Bonchev–Trinajstić information content (AvgIpc) is 3.26. The minimum atomic E-state index is -0.594. The van der Waals surface area contributed by atoms with E-state index in [-0.39, 0.29) is 5.69 Å². The second kappa shape index (κ2) is 8.39. The second-order valence-corrected chi connectivity index (χ2v) is 7.59. The molecule has 0 aliphatic heterocycles.